The van der Waals surface area contributed by atoms with Crippen LogP contribution in [0.2, 0.25) is 0 Å². The molecule has 200 valence electrons. The molecule has 6 nitrogen and oxygen atoms in total. The monoisotopic (exact) mass is 544 g/mol. The summed E-state index contributed by atoms with van der Waals surface area (Å²) in [5.74, 6) is 0. The molecule has 0 aliphatic heterocycles. The van der Waals surface area contributed by atoms with E-state index in [9.17, 15) is 0 Å². The molecule has 0 N–H and O–H groups in total. The van der Waals surface area contributed by atoms with Gasteiger partial charge in [0.15, 0.2) is 0 Å². The molecular formula is C33H32N6S. The van der Waals surface area contributed by atoms with Gasteiger partial charge in [-0.05, 0) is 107 Å². The summed E-state index contributed by atoms with van der Waals surface area (Å²) in [7, 11) is 0. The first-order chi connectivity index (χ1) is 19.2. The molecule has 0 aliphatic rings. The summed E-state index contributed by atoms with van der Waals surface area (Å²) in [5, 5.41) is 18.3. The lowest BCUT2D eigenvalue weighted by Gasteiger charge is -2.10. The molecule has 3 aromatic carbocycles. The molecule has 0 bridgehead atoms. The van der Waals surface area contributed by atoms with Gasteiger partial charge in [0.05, 0.1) is 23.8 Å². The fraction of sp³-hybridized carbons (Fsp3) is 0.212. The maximum atomic E-state index is 4.60. The smallest absolute Gasteiger partial charge is 0.113 e. The Hall–Kier alpha value is -4.36. The van der Waals surface area contributed by atoms with E-state index in [1.54, 1.807) is 11.3 Å². The second-order valence-corrected chi connectivity index (χ2v) is 12.1. The van der Waals surface area contributed by atoms with Crippen molar-refractivity contribution in [2.75, 3.05) is 0 Å². The third-order valence-electron chi connectivity index (χ3n) is 7.27. The largest absolute Gasteiger partial charge is 0.220 e. The second-order valence-electron chi connectivity index (χ2n) is 10.8. The summed E-state index contributed by atoms with van der Waals surface area (Å²) in [5.41, 5.74) is 14.1. The van der Waals surface area contributed by atoms with E-state index in [1.165, 1.54) is 43.1 Å². The zero-order chi connectivity index (χ0) is 28.1. The van der Waals surface area contributed by atoms with Gasteiger partial charge in [0, 0.05) is 20.9 Å². The summed E-state index contributed by atoms with van der Waals surface area (Å²) in [6.07, 6.45) is 4.03. The van der Waals surface area contributed by atoms with Crippen LogP contribution in [-0.4, -0.2) is 30.0 Å². The van der Waals surface area contributed by atoms with Crippen molar-refractivity contribution in [2.24, 2.45) is 0 Å². The first-order valence-corrected chi connectivity index (χ1v) is 14.2. The van der Waals surface area contributed by atoms with E-state index in [-0.39, 0.29) is 0 Å². The van der Waals surface area contributed by atoms with Gasteiger partial charge in [0.1, 0.15) is 11.4 Å². The molecular weight excluding hydrogens is 512 g/mol. The van der Waals surface area contributed by atoms with Gasteiger partial charge in [0.25, 0.3) is 0 Å². The number of benzene rings is 3. The van der Waals surface area contributed by atoms with E-state index in [1.807, 2.05) is 21.8 Å². The van der Waals surface area contributed by atoms with Gasteiger partial charge in [-0.2, -0.15) is 0 Å². The highest BCUT2D eigenvalue weighted by Gasteiger charge is 2.16. The number of hydrogen-bond donors (Lipinski definition) is 0. The van der Waals surface area contributed by atoms with Crippen LogP contribution in [-0.2, 0) is 0 Å². The van der Waals surface area contributed by atoms with Crippen LogP contribution < -0.4 is 0 Å². The van der Waals surface area contributed by atoms with Crippen molar-refractivity contribution < 1.29 is 0 Å². The van der Waals surface area contributed by atoms with E-state index < -0.39 is 0 Å². The lowest BCUT2D eigenvalue weighted by atomic mass is 10.0. The zero-order valence-corrected chi connectivity index (χ0v) is 24.8. The minimum atomic E-state index is 0.813. The molecule has 0 spiro atoms. The van der Waals surface area contributed by atoms with Gasteiger partial charge >= 0.3 is 0 Å². The topological polar surface area (TPSA) is 61.4 Å². The number of hydrogen-bond acceptors (Lipinski definition) is 5. The minimum absolute atomic E-state index is 0.813. The van der Waals surface area contributed by atoms with Crippen molar-refractivity contribution in [3.63, 3.8) is 0 Å². The van der Waals surface area contributed by atoms with Crippen LogP contribution in [0.1, 0.15) is 38.3 Å². The fourth-order valence-corrected chi connectivity index (χ4v) is 6.59. The van der Waals surface area contributed by atoms with Gasteiger partial charge < -0.3 is 0 Å². The Bertz CT molecular complexity index is 1730. The summed E-state index contributed by atoms with van der Waals surface area (Å²) in [4.78, 5) is 2.48. The minimum Gasteiger partial charge on any atom is -0.220 e. The van der Waals surface area contributed by atoms with Crippen molar-refractivity contribution >= 4 is 11.3 Å². The first kappa shape index (κ1) is 25.9. The number of nitrogens with zero attached hydrogens (tertiary/aromatic N) is 6. The van der Waals surface area contributed by atoms with E-state index >= 15 is 0 Å². The Labute approximate surface area is 239 Å². The highest BCUT2D eigenvalue weighted by atomic mass is 32.1. The predicted molar refractivity (Wildman–Crippen MR) is 164 cm³/mol. The second kappa shape index (κ2) is 9.99. The van der Waals surface area contributed by atoms with Crippen LogP contribution in [0.3, 0.4) is 0 Å². The zero-order valence-electron chi connectivity index (χ0n) is 23.9. The van der Waals surface area contributed by atoms with Crippen molar-refractivity contribution in [2.45, 2.75) is 48.5 Å². The van der Waals surface area contributed by atoms with Crippen LogP contribution in [0.5, 0.6) is 0 Å². The summed E-state index contributed by atoms with van der Waals surface area (Å²) < 4.78 is 3.78. The molecule has 0 amide bonds. The quantitative estimate of drug-likeness (QED) is 0.220. The van der Waals surface area contributed by atoms with E-state index in [4.69, 9.17) is 0 Å². The molecule has 0 unspecified atom stereocenters. The number of aromatic nitrogens is 6. The molecule has 0 saturated carbocycles. The summed E-state index contributed by atoms with van der Waals surface area (Å²) in [6, 6.07) is 19.6. The Morgan fingerprint density at radius 1 is 0.525 bits per heavy atom. The average Bonchev–Trinajstić information content (AvgIpc) is 3.64. The first-order valence-electron chi connectivity index (χ1n) is 13.4. The molecule has 40 heavy (non-hydrogen) atoms. The predicted octanol–water partition coefficient (Wildman–Crippen LogP) is 8.07. The molecule has 3 aromatic heterocycles. The third kappa shape index (κ3) is 4.77. The maximum Gasteiger partial charge on any atom is 0.113 e. The highest BCUT2D eigenvalue weighted by Crippen LogP contribution is 2.35. The SMILES string of the molecule is Cc1cc(C)c(-n2cc(-c3cc(-c4cn(-c5c(C)cc(C)cc5C)nn4)cc(-c4ccc(C)s4)c3)nn2)c(C)c1. The van der Waals surface area contributed by atoms with Crippen LogP contribution in [0.15, 0.2) is 67.0 Å². The Balaban J connectivity index is 1.46. The van der Waals surface area contributed by atoms with Gasteiger partial charge in [-0.15, -0.1) is 21.5 Å². The van der Waals surface area contributed by atoms with Crippen LogP contribution in [0.4, 0.5) is 0 Å². The fourth-order valence-electron chi connectivity index (χ4n) is 5.73. The van der Waals surface area contributed by atoms with E-state index in [2.05, 4.69) is 124 Å². The maximum absolute atomic E-state index is 4.60. The van der Waals surface area contributed by atoms with Gasteiger partial charge in [-0.1, -0.05) is 45.8 Å². The summed E-state index contributed by atoms with van der Waals surface area (Å²) in [6.45, 7) is 14.9. The Morgan fingerprint density at radius 2 is 0.950 bits per heavy atom. The molecule has 7 heteroatoms. The van der Waals surface area contributed by atoms with Crippen LogP contribution in [0, 0.1) is 48.5 Å². The van der Waals surface area contributed by atoms with Crippen LogP contribution >= 0.6 is 11.3 Å². The molecule has 3 heterocycles. The average molecular weight is 545 g/mol. The van der Waals surface area contributed by atoms with Gasteiger partial charge in [0.2, 0.25) is 0 Å². The standard InChI is InChI=1S/C33H32N6S/c1-19-10-21(3)32(22(4)11-19)38-17-29(34-36-38)26-14-27(16-28(15-26)31-9-8-25(7)40-31)30-18-39(37-35-30)33-23(5)12-20(2)13-24(33)6/h8-18H,1-7H3. The Morgan fingerprint density at radius 3 is 1.35 bits per heavy atom. The lowest BCUT2D eigenvalue weighted by Crippen LogP contribution is -2.01. The highest BCUT2D eigenvalue weighted by molar-refractivity contribution is 7.15. The summed E-state index contributed by atoms with van der Waals surface area (Å²) >= 11 is 1.78. The van der Waals surface area contributed by atoms with Crippen molar-refractivity contribution in [1.82, 2.24) is 30.0 Å². The molecule has 0 radical (unpaired) electrons. The Kier molecular flexibility index (Phi) is 6.47. The normalized spacial score (nSPS) is 11.4. The molecule has 6 aromatic rings. The lowest BCUT2D eigenvalue weighted by molar-refractivity contribution is 0.793. The third-order valence-corrected chi connectivity index (χ3v) is 8.31. The molecule has 0 atom stereocenters. The van der Waals surface area contributed by atoms with E-state index in [0.29, 0.717) is 0 Å². The van der Waals surface area contributed by atoms with Gasteiger partial charge in [-0.25, -0.2) is 9.36 Å². The van der Waals surface area contributed by atoms with Crippen LogP contribution in [0.25, 0.3) is 44.3 Å². The number of thiophene rings is 1. The van der Waals surface area contributed by atoms with Gasteiger partial charge in [-0.3, -0.25) is 0 Å². The molecule has 6 rings (SSSR count). The van der Waals surface area contributed by atoms with Crippen molar-refractivity contribution in [3.8, 4) is 44.3 Å². The van der Waals surface area contributed by atoms with Crippen molar-refractivity contribution in [3.05, 3.63) is 105 Å². The molecule has 0 fully saturated rings. The number of rotatable bonds is 5. The van der Waals surface area contributed by atoms with E-state index in [0.717, 1.165) is 39.5 Å². The number of aryl methyl sites for hydroxylation is 7. The van der Waals surface area contributed by atoms with Crippen molar-refractivity contribution in [1.29, 1.82) is 0 Å². The molecule has 0 saturated heterocycles. The molecule has 0 aliphatic carbocycles.